The molecule has 0 aliphatic heterocycles. The molecule has 1 aliphatic carbocycles. The molecule has 0 radical (unpaired) electrons. The highest BCUT2D eigenvalue weighted by atomic mass is 35.5. The van der Waals surface area contributed by atoms with Gasteiger partial charge >= 0.3 is 6.09 Å². The van der Waals surface area contributed by atoms with Crippen LogP contribution < -0.4 is 5.32 Å². The Morgan fingerprint density at radius 1 is 1.26 bits per heavy atom. The molecule has 3 rings (SSSR count). The number of carbonyl (C=O) groups is 1. The first-order chi connectivity index (χ1) is 10.9. The summed E-state index contributed by atoms with van der Waals surface area (Å²) in [5.41, 5.74) is 4.24. The van der Waals surface area contributed by atoms with Crippen molar-refractivity contribution in [1.82, 2.24) is 5.32 Å². The second kappa shape index (κ2) is 5.89. The molecule has 2 aromatic rings. The smallest absolute Gasteiger partial charge is 0.405 e. The molecule has 1 unspecified atom stereocenters. The van der Waals surface area contributed by atoms with E-state index in [9.17, 15) is 4.79 Å². The molecule has 2 N–H and O–H groups in total. The molecule has 2 aromatic carbocycles. The molecule has 0 aromatic heterocycles. The number of hydrogen-bond acceptors (Lipinski definition) is 1. The number of hydrogen-bond donors (Lipinski definition) is 2. The molecule has 4 heteroatoms. The van der Waals surface area contributed by atoms with Crippen molar-refractivity contribution >= 4 is 17.7 Å². The Hall–Kier alpha value is -2.00. The average Bonchev–Trinajstić information content (AvgIpc) is 2.50. The first kappa shape index (κ1) is 15.9. The lowest BCUT2D eigenvalue weighted by Gasteiger charge is -2.40. The fourth-order valence-corrected chi connectivity index (χ4v) is 3.63. The van der Waals surface area contributed by atoms with Gasteiger partial charge in [0.1, 0.15) is 0 Å². The van der Waals surface area contributed by atoms with Gasteiger partial charge in [-0.2, -0.15) is 0 Å². The zero-order valence-corrected chi connectivity index (χ0v) is 14.0. The van der Waals surface area contributed by atoms with E-state index in [1.54, 1.807) is 0 Å². The number of fused-ring (bicyclic) bond motifs is 1. The molecule has 3 nitrogen and oxygen atoms in total. The maximum Gasteiger partial charge on any atom is 0.405 e. The van der Waals surface area contributed by atoms with Crippen molar-refractivity contribution in [1.29, 1.82) is 0 Å². The highest BCUT2D eigenvalue weighted by Gasteiger charge is 2.37. The number of halogens is 1. The Morgan fingerprint density at radius 3 is 2.70 bits per heavy atom. The summed E-state index contributed by atoms with van der Waals surface area (Å²) in [6.07, 6.45) is 0.904. The molecule has 1 aliphatic rings. The minimum Gasteiger partial charge on any atom is -0.465 e. The van der Waals surface area contributed by atoms with Crippen molar-refractivity contribution < 1.29 is 9.90 Å². The largest absolute Gasteiger partial charge is 0.465 e. The second-order valence-electron chi connectivity index (χ2n) is 6.76. The Bertz CT molecular complexity index is 755. The molecule has 0 bridgehead atoms. The molecule has 23 heavy (non-hydrogen) atoms. The van der Waals surface area contributed by atoms with Gasteiger partial charge < -0.3 is 10.4 Å². The van der Waals surface area contributed by atoms with Gasteiger partial charge in [0.05, 0.1) is 6.04 Å². The molecule has 0 fully saturated rings. The van der Waals surface area contributed by atoms with E-state index in [0.29, 0.717) is 0 Å². The van der Waals surface area contributed by atoms with E-state index >= 15 is 0 Å². The fraction of sp³-hybridized carbons (Fsp3) is 0.316. The minimum atomic E-state index is -0.980. The first-order valence-corrected chi connectivity index (χ1v) is 8.13. The van der Waals surface area contributed by atoms with E-state index in [1.165, 1.54) is 5.56 Å². The lowest BCUT2D eigenvalue weighted by atomic mass is 9.70. The molecule has 0 heterocycles. The van der Waals surface area contributed by atoms with E-state index in [4.69, 9.17) is 16.7 Å². The molecule has 1 amide bonds. The SMILES string of the molecule is CC1(C)CCc2cc(-c3ccccc3Cl)ccc2C1NC(=O)O. The Labute approximate surface area is 141 Å². The lowest BCUT2D eigenvalue weighted by molar-refractivity contribution is 0.161. The summed E-state index contributed by atoms with van der Waals surface area (Å²) in [7, 11) is 0. The number of benzene rings is 2. The van der Waals surface area contributed by atoms with E-state index in [-0.39, 0.29) is 11.5 Å². The number of amides is 1. The van der Waals surface area contributed by atoms with Crippen LogP contribution in [0.4, 0.5) is 4.79 Å². The predicted molar refractivity (Wildman–Crippen MR) is 92.9 cm³/mol. The Balaban J connectivity index is 2.04. The van der Waals surface area contributed by atoms with Crippen LogP contribution in [0.5, 0.6) is 0 Å². The van der Waals surface area contributed by atoms with Crippen LogP contribution in [-0.4, -0.2) is 11.2 Å². The van der Waals surface area contributed by atoms with E-state index in [2.05, 4.69) is 25.2 Å². The van der Waals surface area contributed by atoms with Crippen LogP contribution in [-0.2, 0) is 6.42 Å². The monoisotopic (exact) mass is 329 g/mol. The highest BCUT2D eigenvalue weighted by molar-refractivity contribution is 6.33. The Kier molecular flexibility index (Phi) is 4.07. The van der Waals surface area contributed by atoms with Crippen molar-refractivity contribution in [3.05, 3.63) is 58.6 Å². The van der Waals surface area contributed by atoms with E-state index < -0.39 is 6.09 Å². The third kappa shape index (κ3) is 3.06. The molecule has 120 valence electrons. The van der Waals surface area contributed by atoms with Gasteiger partial charge in [0.15, 0.2) is 0 Å². The van der Waals surface area contributed by atoms with Crippen molar-refractivity contribution in [2.45, 2.75) is 32.7 Å². The zero-order valence-electron chi connectivity index (χ0n) is 13.3. The first-order valence-electron chi connectivity index (χ1n) is 7.76. The number of aryl methyl sites for hydroxylation is 1. The summed E-state index contributed by atoms with van der Waals surface area (Å²) >= 11 is 6.29. The van der Waals surface area contributed by atoms with Crippen LogP contribution in [0.15, 0.2) is 42.5 Å². The summed E-state index contributed by atoms with van der Waals surface area (Å²) in [5, 5.41) is 12.6. The molecule has 1 atom stereocenters. The van der Waals surface area contributed by atoms with Gasteiger partial charge in [0.2, 0.25) is 0 Å². The number of rotatable bonds is 2. The standard InChI is InChI=1S/C19H20ClNO2/c1-19(2)10-9-13-11-12(14-5-3-4-6-16(14)20)7-8-15(13)17(19)21-18(22)23/h3-8,11,17,21H,9-10H2,1-2H3,(H,22,23). The maximum absolute atomic E-state index is 11.2. The van der Waals surface area contributed by atoms with Gasteiger partial charge in [0.25, 0.3) is 0 Å². The molecule has 0 saturated heterocycles. The van der Waals surface area contributed by atoms with Crippen LogP contribution in [0.3, 0.4) is 0 Å². The minimum absolute atomic E-state index is 0.0999. The van der Waals surface area contributed by atoms with Gasteiger partial charge in [-0.3, -0.25) is 0 Å². The molecular weight excluding hydrogens is 310 g/mol. The average molecular weight is 330 g/mol. The summed E-state index contributed by atoms with van der Waals surface area (Å²) in [5.74, 6) is 0. The van der Waals surface area contributed by atoms with Gasteiger partial charge in [-0.15, -0.1) is 0 Å². The normalized spacial score (nSPS) is 19.0. The Morgan fingerprint density at radius 2 is 2.00 bits per heavy atom. The predicted octanol–water partition coefficient (Wildman–Crippen LogP) is 5.29. The van der Waals surface area contributed by atoms with Gasteiger partial charge in [-0.1, -0.05) is 61.8 Å². The number of carboxylic acid groups (broad SMARTS) is 1. The molecule has 0 spiro atoms. The van der Waals surface area contributed by atoms with Gasteiger partial charge in [-0.25, -0.2) is 4.79 Å². The van der Waals surface area contributed by atoms with Crippen molar-refractivity contribution in [2.75, 3.05) is 0 Å². The van der Waals surface area contributed by atoms with Gasteiger partial charge in [0, 0.05) is 10.6 Å². The summed E-state index contributed by atoms with van der Waals surface area (Å²) < 4.78 is 0. The zero-order chi connectivity index (χ0) is 16.6. The summed E-state index contributed by atoms with van der Waals surface area (Å²) in [4.78, 5) is 11.2. The topological polar surface area (TPSA) is 49.3 Å². The second-order valence-corrected chi connectivity index (χ2v) is 7.17. The van der Waals surface area contributed by atoms with Crippen LogP contribution in [0.2, 0.25) is 5.02 Å². The fourth-order valence-electron chi connectivity index (χ4n) is 3.39. The lowest BCUT2D eigenvalue weighted by Crippen LogP contribution is -2.40. The van der Waals surface area contributed by atoms with Crippen molar-refractivity contribution in [2.24, 2.45) is 5.41 Å². The summed E-state index contributed by atoms with van der Waals surface area (Å²) in [6.45, 7) is 4.22. The van der Waals surface area contributed by atoms with Crippen molar-refractivity contribution in [3.63, 3.8) is 0 Å². The van der Waals surface area contributed by atoms with Crippen LogP contribution >= 0.6 is 11.6 Å². The van der Waals surface area contributed by atoms with Crippen LogP contribution in [0, 0.1) is 5.41 Å². The van der Waals surface area contributed by atoms with Crippen molar-refractivity contribution in [3.8, 4) is 11.1 Å². The van der Waals surface area contributed by atoms with Crippen LogP contribution in [0.1, 0.15) is 37.4 Å². The third-order valence-corrected chi connectivity index (χ3v) is 5.06. The highest BCUT2D eigenvalue weighted by Crippen LogP contribution is 2.44. The van der Waals surface area contributed by atoms with E-state index in [1.807, 2.05) is 36.4 Å². The van der Waals surface area contributed by atoms with Crippen LogP contribution in [0.25, 0.3) is 11.1 Å². The molecule has 0 saturated carbocycles. The summed E-state index contributed by atoms with van der Waals surface area (Å²) in [6, 6.07) is 13.8. The number of nitrogens with one attached hydrogen (secondary N) is 1. The van der Waals surface area contributed by atoms with Gasteiger partial charge in [-0.05, 0) is 41.0 Å². The molecular formula is C19H20ClNO2. The maximum atomic E-state index is 11.2. The quantitative estimate of drug-likeness (QED) is 0.786. The van der Waals surface area contributed by atoms with E-state index in [0.717, 1.165) is 34.6 Å². The third-order valence-electron chi connectivity index (χ3n) is 4.73.